The highest BCUT2D eigenvalue weighted by molar-refractivity contribution is 5.60. The highest BCUT2D eigenvalue weighted by Crippen LogP contribution is 2.33. The molecule has 0 radical (unpaired) electrons. The summed E-state index contributed by atoms with van der Waals surface area (Å²) in [6.07, 6.45) is 5.25. The maximum Gasteiger partial charge on any atom is 0.0424 e. The van der Waals surface area contributed by atoms with Gasteiger partial charge in [-0.2, -0.15) is 0 Å². The monoisotopic (exact) mass is 173 g/mol. The fraction of sp³-hybridized carbons (Fsp3) is 0.333. The summed E-state index contributed by atoms with van der Waals surface area (Å²) in [4.78, 5) is 0. The Hall–Kier alpha value is -1.08. The summed E-state index contributed by atoms with van der Waals surface area (Å²) in [6.45, 7) is 4.23. The average Bonchev–Trinajstić information content (AvgIpc) is 2.02. The molecule has 1 atom stereocenters. The van der Waals surface area contributed by atoms with Crippen LogP contribution in [0.3, 0.4) is 0 Å². The molecule has 0 heterocycles. The topological polar surface area (TPSA) is 26.0 Å². The zero-order chi connectivity index (χ0) is 9.47. The molecule has 0 aliphatic heterocycles. The molecule has 0 saturated heterocycles. The zero-order valence-corrected chi connectivity index (χ0v) is 8.17. The molecule has 1 heteroatoms. The Morgan fingerprint density at radius 3 is 2.85 bits per heavy atom. The SMILES string of the molecule is Cc1cccc2c1C(C)(N)CC=C2. The van der Waals surface area contributed by atoms with Gasteiger partial charge < -0.3 is 5.73 Å². The Morgan fingerprint density at radius 1 is 1.38 bits per heavy atom. The number of fused-ring (bicyclic) bond motifs is 1. The number of hydrogen-bond acceptors (Lipinski definition) is 1. The molecular weight excluding hydrogens is 158 g/mol. The van der Waals surface area contributed by atoms with Gasteiger partial charge in [0.2, 0.25) is 0 Å². The summed E-state index contributed by atoms with van der Waals surface area (Å²) in [5.74, 6) is 0. The molecule has 1 aromatic carbocycles. The van der Waals surface area contributed by atoms with Gasteiger partial charge in [-0.1, -0.05) is 30.4 Å². The highest BCUT2D eigenvalue weighted by Gasteiger charge is 2.26. The summed E-state index contributed by atoms with van der Waals surface area (Å²) in [5.41, 5.74) is 9.93. The van der Waals surface area contributed by atoms with E-state index in [1.54, 1.807) is 0 Å². The van der Waals surface area contributed by atoms with E-state index in [0.717, 1.165) is 6.42 Å². The molecule has 0 bridgehead atoms. The number of nitrogens with two attached hydrogens (primary N) is 1. The maximum atomic E-state index is 6.24. The van der Waals surface area contributed by atoms with Crippen molar-refractivity contribution in [3.05, 3.63) is 41.0 Å². The van der Waals surface area contributed by atoms with Crippen LogP contribution in [-0.4, -0.2) is 0 Å². The molecule has 0 amide bonds. The van der Waals surface area contributed by atoms with Gasteiger partial charge in [-0.15, -0.1) is 0 Å². The number of aryl methyl sites for hydroxylation is 1. The molecule has 0 fully saturated rings. The lowest BCUT2D eigenvalue weighted by atomic mass is 9.80. The van der Waals surface area contributed by atoms with Crippen molar-refractivity contribution in [1.82, 2.24) is 0 Å². The second kappa shape index (κ2) is 2.71. The molecule has 0 saturated carbocycles. The van der Waals surface area contributed by atoms with Crippen LogP contribution < -0.4 is 5.73 Å². The molecule has 1 aromatic rings. The number of hydrogen-bond donors (Lipinski definition) is 1. The van der Waals surface area contributed by atoms with Crippen LogP contribution in [0.2, 0.25) is 0 Å². The Morgan fingerprint density at radius 2 is 2.15 bits per heavy atom. The van der Waals surface area contributed by atoms with E-state index in [-0.39, 0.29) is 5.54 Å². The van der Waals surface area contributed by atoms with Gasteiger partial charge in [-0.05, 0) is 37.0 Å². The first kappa shape index (κ1) is 8.52. The zero-order valence-electron chi connectivity index (χ0n) is 8.17. The number of rotatable bonds is 0. The van der Waals surface area contributed by atoms with Crippen LogP contribution in [0.5, 0.6) is 0 Å². The summed E-state index contributed by atoms with van der Waals surface area (Å²) in [5, 5.41) is 0. The van der Waals surface area contributed by atoms with Gasteiger partial charge >= 0.3 is 0 Å². The summed E-state index contributed by atoms with van der Waals surface area (Å²) >= 11 is 0. The van der Waals surface area contributed by atoms with Gasteiger partial charge in [0.05, 0.1) is 0 Å². The summed E-state index contributed by atoms with van der Waals surface area (Å²) in [7, 11) is 0. The van der Waals surface area contributed by atoms with Crippen molar-refractivity contribution < 1.29 is 0 Å². The molecule has 68 valence electrons. The summed E-state index contributed by atoms with van der Waals surface area (Å²) < 4.78 is 0. The van der Waals surface area contributed by atoms with Crippen LogP contribution in [0, 0.1) is 6.92 Å². The van der Waals surface area contributed by atoms with E-state index < -0.39 is 0 Å². The van der Waals surface area contributed by atoms with Crippen LogP contribution >= 0.6 is 0 Å². The Labute approximate surface area is 79.3 Å². The first-order chi connectivity index (χ1) is 6.11. The van der Waals surface area contributed by atoms with Crippen molar-refractivity contribution in [2.24, 2.45) is 5.73 Å². The Kier molecular flexibility index (Phi) is 1.77. The molecular formula is C12H15N. The van der Waals surface area contributed by atoms with Gasteiger partial charge in [-0.25, -0.2) is 0 Å². The van der Waals surface area contributed by atoms with Crippen molar-refractivity contribution in [2.45, 2.75) is 25.8 Å². The molecule has 2 rings (SSSR count). The molecule has 13 heavy (non-hydrogen) atoms. The quantitative estimate of drug-likeness (QED) is 0.641. The fourth-order valence-corrected chi connectivity index (χ4v) is 2.14. The largest absolute Gasteiger partial charge is 0.321 e. The second-order valence-electron chi connectivity index (χ2n) is 4.06. The lowest BCUT2D eigenvalue weighted by Crippen LogP contribution is -2.35. The lowest BCUT2D eigenvalue weighted by molar-refractivity contribution is 0.494. The third-order valence-electron chi connectivity index (χ3n) is 2.72. The van der Waals surface area contributed by atoms with Crippen LogP contribution in [0.15, 0.2) is 24.3 Å². The minimum absolute atomic E-state index is 0.185. The Bertz CT molecular complexity index is 361. The minimum atomic E-state index is -0.185. The second-order valence-corrected chi connectivity index (χ2v) is 4.06. The molecule has 0 aromatic heterocycles. The van der Waals surface area contributed by atoms with Crippen LogP contribution in [0.4, 0.5) is 0 Å². The predicted molar refractivity (Wildman–Crippen MR) is 56.4 cm³/mol. The molecule has 1 unspecified atom stereocenters. The maximum absolute atomic E-state index is 6.24. The molecule has 1 nitrogen and oxygen atoms in total. The van der Waals surface area contributed by atoms with Crippen LogP contribution in [0.25, 0.3) is 6.08 Å². The normalized spacial score (nSPS) is 25.8. The smallest absolute Gasteiger partial charge is 0.0424 e. The van der Waals surface area contributed by atoms with Crippen LogP contribution in [-0.2, 0) is 5.54 Å². The molecule has 2 N–H and O–H groups in total. The van der Waals surface area contributed by atoms with Gasteiger partial charge in [0.1, 0.15) is 0 Å². The number of benzene rings is 1. The van der Waals surface area contributed by atoms with E-state index in [1.165, 1.54) is 16.7 Å². The summed E-state index contributed by atoms with van der Waals surface area (Å²) in [6, 6.07) is 6.34. The van der Waals surface area contributed by atoms with Crippen molar-refractivity contribution >= 4 is 6.08 Å². The Balaban J connectivity index is 2.69. The average molecular weight is 173 g/mol. The first-order valence-electron chi connectivity index (χ1n) is 4.67. The van der Waals surface area contributed by atoms with E-state index in [0.29, 0.717) is 0 Å². The fourth-order valence-electron chi connectivity index (χ4n) is 2.14. The van der Waals surface area contributed by atoms with E-state index in [4.69, 9.17) is 5.73 Å². The van der Waals surface area contributed by atoms with Crippen molar-refractivity contribution in [3.63, 3.8) is 0 Å². The third kappa shape index (κ3) is 1.29. The third-order valence-corrected chi connectivity index (χ3v) is 2.72. The minimum Gasteiger partial charge on any atom is -0.321 e. The van der Waals surface area contributed by atoms with Gasteiger partial charge in [0, 0.05) is 5.54 Å². The predicted octanol–water partition coefficient (Wildman–Crippen LogP) is 2.59. The van der Waals surface area contributed by atoms with Gasteiger partial charge in [-0.3, -0.25) is 0 Å². The first-order valence-corrected chi connectivity index (χ1v) is 4.67. The van der Waals surface area contributed by atoms with Crippen molar-refractivity contribution in [2.75, 3.05) is 0 Å². The molecule has 1 aliphatic rings. The molecule has 1 aliphatic carbocycles. The highest BCUT2D eigenvalue weighted by atomic mass is 14.7. The standard InChI is InChI=1S/C12H15N/c1-9-5-3-6-10-7-4-8-12(2,13)11(9)10/h3-7H,8,13H2,1-2H3. The van der Waals surface area contributed by atoms with E-state index in [1.807, 2.05) is 0 Å². The van der Waals surface area contributed by atoms with E-state index in [2.05, 4.69) is 44.2 Å². The van der Waals surface area contributed by atoms with Crippen molar-refractivity contribution in [1.29, 1.82) is 0 Å². The molecule has 0 spiro atoms. The van der Waals surface area contributed by atoms with E-state index in [9.17, 15) is 0 Å². The van der Waals surface area contributed by atoms with Gasteiger partial charge in [0.25, 0.3) is 0 Å². The van der Waals surface area contributed by atoms with Crippen molar-refractivity contribution in [3.8, 4) is 0 Å². The van der Waals surface area contributed by atoms with Gasteiger partial charge in [0.15, 0.2) is 0 Å². The van der Waals surface area contributed by atoms with E-state index >= 15 is 0 Å². The lowest BCUT2D eigenvalue weighted by Gasteiger charge is -2.30. The van der Waals surface area contributed by atoms with Crippen LogP contribution in [0.1, 0.15) is 30.0 Å².